The number of aromatic nitrogens is 3. The number of benzene rings is 1. The Balaban J connectivity index is 1.57. The molecule has 1 N–H and O–H groups in total. The number of nitrogens with one attached hydrogen (secondary N) is 1. The molecule has 3 heterocycles. The van der Waals surface area contributed by atoms with E-state index in [-0.39, 0.29) is 5.91 Å². The Hall–Kier alpha value is -2.48. The predicted octanol–water partition coefficient (Wildman–Crippen LogP) is 3.45. The van der Waals surface area contributed by atoms with Gasteiger partial charge in [0.15, 0.2) is 5.65 Å². The molecule has 1 aliphatic heterocycles. The second kappa shape index (κ2) is 9.34. The lowest BCUT2D eigenvalue weighted by molar-refractivity contribution is 0.0374. The first-order valence-electron chi connectivity index (χ1n) is 10.7. The summed E-state index contributed by atoms with van der Waals surface area (Å²) in [7, 11) is 0. The van der Waals surface area contributed by atoms with Crippen molar-refractivity contribution in [3.8, 4) is 5.69 Å². The Labute approximate surface area is 187 Å². The van der Waals surface area contributed by atoms with Crippen LogP contribution in [0, 0.1) is 20.8 Å². The lowest BCUT2D eigenvalue weighted by Crippen LogP contribution is -2.38. The molecule has 0 bridgehead atoms. The number of carbonyl (C=O) groups is 1. The fraction of sp³-hybridized carbons (Fsp3) is 0.435. The van der Waals surface area contributed by atoms with E-state index in [1.165, 1.54) is 0 Å². The van der Waals surface area contributed by atoms with Crippen LogP contribution in [-0.4, -0.2) is 65.0 Å². The van der Waals surface area contributed by atoms with Crippen LogP contribution >= 0.6 is 11.6 Å². The smallest absolute Gasteiger partial charge is 0.252 e. The Morgan fingerprint density at radius 2 is 2.00 bits per heavy atom. The molecular weight excluding hydrogens is 414 g/mol. The van der Waals surface area contributed by atoms with Crippen LogP contribution in [0.3, 0.4) is 0 Å². The molecule has 7 nitrogen and oxygen atoms in total. The van der Waals surface area contributed by atoms with Gasteiger partial charge >= 0.3 is 0 Å². The van der Waals surface area contributed by atoms with Gasteiger partial charge in [-0.2, -0.15) is 5.10 Å². The topological polar surface area (TPSA) is 72.3 Å². The zero-order valence-electron chi connectivity index (χ0n) is 18.2. The summed E-state index contributed by atoms with van der Waals surface area (Å²) < 4.78 is 7.17. The second-order valence-electron chi connectivity index (χ2n) is 7.95. The zero-order valence-corrected chi connectivity index (χ0v) is 19.0. The third-order valence-corrected chi connectivity index (χ3v) is 6.10. The third-order valence-electron chi connectivity index (χ3n) is 5.69. The maximum absolute atomic E-state index is 13.1. The highest BCUT2D eigenvalue weighted by molar-refractivity contribution is 6.31. The highest BCUT2D eigenvalue weighted by Crippen LogP contribution is 2.28. The summed E-state index contributed by atoms with van der Waals surface area (Å²) in [4.78, 5) is 20.1. The minimum absolute atomic E-state index is 0.0945. The van der Waals surface area contributed by atoms with Gasteiger partial charge in [-0.15, -0.1) is 0 Å². The second-order valence-corrected chi connectivity index (χ2v) is 8.36. The molecule has 2 aromatic heterocycles. The lowest BCUT2D eigenvalue weighted by Gasteiger charge is -2.26. The van der Waals surface area contributed by atoms with Gasteiger partial charge in [-0.25, -0.2) is 9.67 Å². The van der Waals surface area contributed by atoms with Crippen LogP contribution in [0.25, 0.3) is 16.7 Å². The first kappa shape index (κ1) is 21.7. The van der Waals surface area contributed by atoms with Crippen molar-refractivity contribution >= 4 is 28.5 Å². The number of pyridine rings is 1. The third kappa shape index (κ3) is 4.59. The minimum Gasteiger partial charge on any atom is -0.379 e. The monoisotopic (exact) mass is 441 g/mol. The van der Waals surface area contributed by atoms with E-state index in [9.17, 15) is 4.79 Å². The van der Waals surface area contributed by atoms with Crippen molar-refractivity contribution in [1.82, 2.24) is 25.0 Å². The van der Waals surface area contributed by atoms with Crippen molar-refractivity contribution in [2.45, 2.75) is 27.2 Å². The molecule has 3 aromatic rings. The quantitative estimate of drug-likeness (QED) is 0.593. The van der Waals surface area contributed by atoms with Gasteiger partial charge in [0.2, 0.25) is 0 Å². The largest absolute Gasteiger partial charge is 0.379 e. The molecule has 1 amide bonds. The van der Waals surface area contributed by atoms with Gasteiger partial charge in [0.1, 0.15) is 0 Å². The van der Waals surface area contributed by atoms with Gasteiger partial charge in [0.25, 0.3) is 5.91 Å². The number of fused-ring (bicyclic) bond motifs is 1. The highest BCUT2D eigenvalue weighted by atomic mass is 35.5. The van der Waals surface area contributed by atoms with E-state index >= 15 is 0 Å². The first-order chi connectivity index (χ1) is 15.0. The summed E-state index contributed by atoms with van der Waals surface area (Å²) in [5.74, 6) is -0.0945. The number of aryl methyl sites for hydroxylation is 2. The van der Waals surface area contributed by atoms with Crippen LogP contribution in [0.4, 0.5) is 0 Å². The molecule has 1 fully saturated rings. The Morgan fingerprint density at radius 1 is 1.23 bits per heavy atom. The molecule has 0 atom stereocenters. The average Bonchev–Trinajstić information content (AvgIpc) is 3.09. The van der Waals surface area contributed by atoms with E-state index in [1.54, 1.807) is 4.68 Å². The zero-order chi connectivity index (χ0) is 22.0. The standard InChI is InChI=1S/C23H28ClN5O2/c1-15-14-18(23(30)25-8-5-9-28-10-12-31-13-11-28)21-17(3)27-29(22(21)26-15)20-7-4-6-19(24)16(20)2/h4,6-7,14H,5,8-13H2,1-3H3,(H,25,30). The maximum atomic E-state index is 13.1. The van der Waals surface area contributed by atoms with Crippen LogP contribution in [0.1, 0.15) is 33.7 Å². The molecule has 0 unspecified atom stereocenters. The number of morpholine rings is 1. The molecule has 4 rings (SSSR count). The first-order valence-corrected chi connectivity index (χ1v) is 11.0. The van der Waals surface area contributed by atoms with Gasteiger partial charge in [-0.05, 0) is 57.5 Å². The number of ether oxygens (including phenoxy) is 1. The van der Waals surface area contributed by atoms with E-state index in [4.69, 9.17) is 26.4 Å². The fourth-order valence-electron chi connectivity index (χ4n) is 4.01. The van der Waals surface area contributed by atoms with Crippen molar-refractivity contribution in [3.63, 3.8) is 0 Å². The van der Waals surface area contributed by atoms with Crippen LogP contribution in [0.2, 0.25) is 5.02 Å². The van der Waals surface area contributed by atoms with E-state index in [0.29, 0.717) is 22.8 Å². The molecular formula is C23H28ClN5O2. The fourth-order valence-corrected chi connectivity index (χ4v) is 4.18. The van der Waals surface area contributed by atoms with Crippen molar-refractivity contribution in [2.75, 3.05) is 39.4 Å². The maximum Gasteiger partial charge on any atom is 0.252 e. The molecule has 164 valence electrons. The minimum atomic E-state index is -0.0945. The molecule has 0 saturated carbocycles. The van der Waals surface area contributed by atoms with Gasteiger partial charge in [-0.3, -0.25) is 9.69 Å². The number of carbonyl (C=O) groups excluding carboxylic acids is 1. The number of hydrogen-bond donors (Lipinski definition) is 1. The van der Waals surface area contributed by atoms with E-state index in [2.05, 4.69) is 10.2 Å². The Kier molecular flexibility index (Phi) is 6.55. The van der Waals surface area contributed by atoms with Crippen molar-refractivity contribution in [3.05, 3.63) is 51.8 Å². The van der Waals surface area contributed by atoms with Crippen LogP contribution in [0.15, 0.2) is 24.3 Å². The molecule has 1 saturated heterocycles. The molecule has 31 heavy (non-hydrogen) atoms. The Bertz CT molecular complexity index is 1110. The SMILES string of the molecule is Cc1cc(C(=O)NCCCN2CCOCC2)c2c(C)nn(-c3cccc(Cl)c3C)c2n1. The number of amides is 1. The molecule has 0 spiro atoms. The molecule has 8 heteroatoms. The number of hydrogen-bond acceptors (Lipinski definition) is 5. The normalized spacial score (nSPS) is 14.8. The van der Waals surface area contributed by atoms with Crippen molar-refractivity contribution in [2.24, 2.45) is 0 Å². The number of halogens is 1. The van der Waals surface area contributed by atoms with Crippen LogP contribution in [-0.2, 0) is 4.74 Å². The van der Waals surface area contributed by atoms with E-state index in [0.717, 1.165) is 67.3 Å². The van der Waals surface area contributed by atoms with E-state index in [1.807, 2.05) is 45.0 Å². The van der Waals surface area contributed by atoms with Gasteiger partial charge < -0.3 is 10.1 Å². The van der Waals surface area contributed by atoms with Crippen LogP contribution in [0.5, 0.6) is 0 Å². The molecule has 0 radical (unpaired) electrons. The summed E-state index contributed by atoms with van der Waals surface area (Å²) in [5, 5.41) is 9.22. The summed E-state index contributed by atoms with van der Waals surface area (Å²) in [6.07, 6.45) is 0.902. The number of rotatable bonds is 6. The Morgan fingerprint density at radius 3 is 2.77 bits per heavy atom. The molecule has 1 aromatic carbocycles. The van der Waals surface area contributed by atoms with Crippen molar-refractivity contribution in [1.29, 1.82) is 0 Å². The van der Waals surface area contributed by atoms with Crippen molar-refractivity contribution < 1.29 is 9.53 Å². The molecule has 1 aliphatic rings. The van der Waals surface area contributed by atoms with Gasteiger partial charge in [-0.1, -0.05) is 17.7 Å². The summed E-state index contributed by atoms with van der Waals surface area (Å²) in [5.41, 5.74) is 4.59. The summed E-state index contributed by atoms with van der Waals surface area (Å²) in [6, 6.07) is 7.55. The lowest BCUT2D eigenvalue weighted by atomic mass is 10.1. The van der Waals surface area contributed by atoms with Crippen LogP contribution < -0.4 is 5.32 Å². The van der Waals surface area contributed by atoms with Gasteiger partial charge in [0.05, 0.1) is 35.5 Å². The summed E-state index contributed by atoms with van der Waals surface area (Å²) in [6.45, 7) is 10.8. The number of nitrogens with zero attached hydrogens (tertiary/aromatic N) is 4. The molecule has 0 aliphatic carbocycles. The highest BCUT2D eigenvalue weighted by Gasteiger charge is 2.20. The van der Waals surface area contributed by atoms with E-state index < -0.39 is 0 Å². The predicted molar refractivity (Wildman–Crippen MR) is 122 cm³/mol. The van der Waals surface area contributed by atoms with Gasteiger partial charge in [0, 0.05) is 30.4 Å². The average molecular weight is 442 g/mol. The summed E-state index contributed by atoms with van der Waals surface area (Å²) >= 11 is 6.33.